The van der Waals surface area contributed by atoms with E-state index in [0.717, 1.165) is 17.2 Å². The molecule has 1 unspecified atom stereocenters. The lowest BCUT2D eigenvalue weighted by molar-refractivity contribution is 0.0495. The fourth-order valence-corrected chi connectivity index (χ4v) is 1.73. The van der Waals surface area contributed by atoms with Crippen LogP contribution in [-0.2, 0) is 4.74 Å². The first-order valence-electron chi connectivity index (χ1n) is 7.10. The highest BCUT2D eigenvalue weighted by molar-refractivity contribution is 5.59. The van der Waals surface area contributed by atoms with Gasteiger partial charge in [-0.2, -0.15) is 0 Å². The summed E-state index contributed by atoms with van der Waals surface area (Å²) in [5, 5.41) is 12.9. The van der Waals surface area contributed by atoms with Crippen LogP contribution in [0.15, 0.2) is 18.2 Å². The van der Waals surface area contributed by atoms with Crippen molar-refractivity contribution in [3.63, 3.8) is 0 Å². The fraction of sp³-hybridized carbons (Fsp3) is 0.600. The van der Waals surface area contributed by atoms with E-state index in [9.17, 15) is 5.11 Å². The fourth-order valence-electron chi connectivity index (χ4n) is 1.73. The van der Waals surface area contributed by atoms with Gasteiger partial charge in [-0.25, -0.2) is 0 Å². The Labute approximate surface area is 120 Å². The summed E-state index contributed by atoms with van der Waals surface area (Å²) in [6.07, 6.45) is -0.555. The van der Waals surface area contributed by atoms with Gasteiger partial charge in [0.05, 0.1) is 31.6 Å². The highest BCUT2D eigenvalue weighted by Gasteiger charge is 2.09. The zero-order chi connectivity index (χ0) is 14.8. The van der Waals surface area contributed by atoms with Gasteiger partial charge >= 0.3 is 0 Å². The first-order valence-corrected chi connectivity index (χ1v) is 7.10. The normalized spacial score (nSPS) is 12.0. The zero-order valence-corrected chi connectivity index (χ0v) is 12.5. The summed E-state index contributed by atoms with van der Waals surface area (Å²) in [6.45, 7) is 8.29. The molecule has 114 valence electrons. The Balaban J connectivity index is 2.66. The summed E-state index contributed by atoms with van der Waals surface area (Å²) in [4.78, 5) is 0. The molecule has 0 bridgehead atoms. The van der Waals surface area contributed by atoms with Crippen LogP contribution in [0.1, 0.15) is 20.8 Å². The van der Waals surface area contributed by atoms with Gasteiger partial charge in [0.15, 0.2) is 0 Å². The van der Waals surface area contributed by atoms with E-state index in [0.29, 0.717) is 33.0 Å². The molecule has 0 aromatic heterocycles. The van der Waals surface area contributed by atoms with Crippen LogP contribution in [0.25, 0.3) is 0 Å². The van der Waals surface area contributed by atoms with E-state index < -0.39 is 6.10 Å². The molecule has 20 heavy (non-hydrogen) atoms. The van der Waals surface area contributed by atoms with Crippen molar-refractivity contribution in [2.24, 2.45) is 0 Å². The summed E-state index contributed by atoms with van der Waals surface area (Å²) in [5.74, 6) is 1.53. The van der Waals surface area contributed by atoms with Crippen LogP contribution < -0.4 is 14.8 Å². The second-order valence-electron chi connectivity index (χ2n) is 4.22. The Morgan fingerprint density at radius 2 is 1.85 bits per heavy atom. The number of rotatable bonds is 10. The Morgan fingerprint density at radius 3 is 2.50 bits per heavy atom. The van der Waals surface area contributed by atoms with Crippen LogP contribution in [0, 0.1) is 0 Å². The molecule has 0 saturated carbocycles. The van der Waals surface area contributed by atoms with Crippen molar-refractivity contribution in [2.75, 3.05) is 38.3 Å². The number of nitrogens with one attached hydrogen (secondary N) is 1. The maximum absolute atomic E-state index is 9.78. The average molecular weight is 283 g/mol. The number of aliphatic hydroxyl groups is 1. The first kappa shape index (κ1) is 16.6. The van der Waals surface area contributed by atoms with E-state index in [1.165, 1.54) is 0 Å². The van der Waals surface area contributed by atoms with Crippen molar-refractivity contribution in [1.82, 2.24) is 0 Å². The standard InChI is InChI=1S/C15H25NO4/c1-4-18-11-12(17)10-16-14-9-13(19-5-2)7-8-15(14)20-6-3/h7-9,12,16-17H,4-6,10-11H2,1-3H3. The van der Waals surface area contributed by atoms with Gasteiger partial charge in [-0.3, -0.25) is 0 Å². The summed E-state index contributed by atoms with van der Waals surface area (Å²) in [7, 11) is 0. The largest absolute Gasteiger partial charge is 0.494 e. The van der Waals surface area contributed by atoms with Crippen LogP contribution in [0.4, 0.5) is 5.69 Å². The van der Waals surface area contributed by atoms with Crippen LogP contribution in [0.3, 0.4) is 0 Å². The van der Waals surface area contributed by atoms with Crippen molar-refractivity contribution in [2.45, 2.75) is 26.9 Å². The van der Waals surface area contributed by atoms with Crippen molar-refractivity contribution >= 4 is 5.69 Å². The molecule has 5 heteroatoms. The molecule has 0 aliphatic heterocycles. The molecule has 0 aliphatic carbocycles. The average Bonchev–Trinajstić information content (AvgIpc) is 2.45. The molecule has 0 heterocycles. The maximum Gasteiger partial charge on any atom is 0.142 e. The summed E-state index contributed by atoms with van der Waals surface area (Å²) in [5.41, 5.74) is 0.813. The smallest absolute Gasteiger partial charge is 0.142 e. The lowest BCUT2D eigenvalue weighted by Crippen LogP contribution is -2.25. The minimum atomic E-state index is -0.555. The summed E-state index contributed by atoms with van der Waals surface area (Å²) >= 11 is 0. The topological polar surface area (TPSA) is 60.0 Å². The van der Waals surface area contributed by atoms with Crippen LogP contribution in [0.5, 0.6) is 11.5 Å². The molecule has 0 spiro atoms. The van der Waals surface area contributed by atoms with Crippen molar-refractivity contribution in [3.05, 3.63) is 18.2 Å². The van der Waals surface area contributed by atoms with E-state index in [-0.39, 0.29) is 0 Å². The van der Waals surface area contributed by atoms with E-state index >= 15 is 0 Å². The minimum absolute atomic E-state index is 0.318. The monoisotopic (exact) mass is 283 g/mol. The van der Waals surface area contributed by atoms with Gasteiger partial charge < -0.3 is 24.6 Å². The number of ether oxygens (including phenoxy) is 3. The molecule has 1 rings (SSSR count). The second-order valence-corrected chi connectivity index (χ2v) is 4.22. The summed E-state index contributed by atoms with van der Waals surface area (Å²) in [6, 6.07) is 5.62. The quantitative estimate of drug-likeness (QED) is 0.690. The third-order valence-corrected chi connectivity index (χ3v) is 2.60. The Hall–Kier alpha value is -1.46. The van der Waals surface area contributed by atoms with Gasteiger partial charge in [0.2, 0.25) is 0 Å². The molecule has 0 saturated heterocycles. The Morgan fingerprint density at radius 1 is 1.10 bits per heavy atom. The number of benzene rings is 1. The Bertz CT molecular complexity index is 384. The molecule has 0 radical (unpaired) electrons. The van der Waals surface area contributed by atoms with Gasteiger partial charge in [0, 0.05) is 19.2 Å². The van der Waals surface area contributed by atoms with E-state index in [2.05, 4.69) is 5.32 Å². The van der Waals surface area contributed by atoms with Gasteiger partial charge in [0.25, 0.3) is 0 Å². The Kier molecular flexibility index (Phi) is 7.84. The van der Waals surface area contributed by atoms with Crippen molar-refractivity contribution < 1.29 is 19.3 Å². The molecule has 0 amide bonds. The molecule has 1 aromatic carbocycles. The van der Waals surface area contributed by atoms with Crippen LogP contribution in [0.2, 0.25) is 0 Å². The maximum atomic E-state index is 9.78. The number of hydrogen-bond acceptors (Lipinski definition) is 5. The molecular formula is C15H25NO4. The summed E-state index contributed by atoms with van der Waals surface area (Å²) < 4.78 is 16.2. The molecule has 0 fully saturated rings. The highest BCUT2D eigenvalue weighted by atomic mass is 16.5. The molecule has 5 nitrogen and oxygen atoms in total. The van der Waals surface area contributed by atoms with Gasteiger partial charge in [-0.15, -0.1) is 0 Å². The lowest BCUT2D eigenvalue weighted by atomic mass is 10.2. The van der Waals surface area contributed by atoms with E-state index in [1.807, 2.05) is 39.0 Å². The van der Waals surface area contributed by atoms with Gasteiger partial charge in [0.1, 0.15) is 11.5 Å². The van der Waals surface area contributed by atoms with Crippen LogP contribution in [-0.4, -0.2) is 44.2 Å². The number of anilines is 1. The minimum Gasteiger partial charge on any atom is -0.494 e. The first-order chi connectivity index (χ1) is 9.71. The van der Waals surface area contributed by atoms with Gasteiger partial charge in [-0.05, 0) is 32.9 Å². The predicted molar refractivity (Wildman–Crippen MR) is 79.8 cm³/mol. The second kappa shape index (κ2) is 9.44. The third-order valence-electron chi connectivity index (χ3n) is 2.60. The SMILES string of the molecule is CCOCC(O)CNc1cc(OCC)ccc1OCC. The molecule has 2 N–H and O–H groups in total. The molecule has 0 aliphatic rings. The predicted octanol–water partition coefficient (Wildman–Crippen LogP) is 2.29. The van der Waals surface area contributed by atoms with E-state index in [4.69, 9.17) is 14.2 Å². The van der Waals surface area contributed by atoms with Crippen molar-refractivity contribution in [1.29, 1.82) is 0 Å². The zero-order valence-electron chi connectivity index (χ0n) is 12.5. The molecule has 1 atom stereocenters. The van der Waals surface area contributed by atoms with E-state index in [1.54, 1.807) is 0 Å². The van der Waals surface area contributed by atoms with Crippen molar-refractivity contribution in [3.8, 4) is 11.5 Å². The number of aliphatic hydroxyl groups excluding tert-OH is 1. The molecule has 1 aromatic rings. The van der Waals surface area contributed by atoms with Gasteiger partial charge in [-0.1, -0.05) is 0 Å². The van der Waals surface area contributed by atoms with Crippen LogP contribution >= 0.6 is 0 Å². The highest BCUT2D eigenvalue weighted by Crippen LogP contribution is 2.29. The number of hydrogen-bond donors (Lipinski definition) is 2. The molecular weight excluding hydrogens is 258 g/mol. The third kappa shape index (κ3) is 5.67. The lowest BCUT2D eigenvalue weighted by Gasteiger charge is -2.16.